The summed E-state index contributed by atoms with van der Waals surface area (Å²) in [5.41, 5.74) is 0.614. The van der Waals surface area contributed by atoms with E-state index in [0.29, 0.717) is 25.1 Å². The van der Waals surface area contributed by atoms with Crippen molar-refractivity contribution in [2.45, 2.75) is 19.4 Å². The first kappa shape index (κ1) is 14.9. The average molecular weight is 302 g/mol. The topological polar surface area (TPSA) is 105 Å². The summed E-state index contributed by atoms with van der Waals surface area (Å²) in [4.78, 5) is 11.0. The summed E-state index contributed by atoms with van der Waals surface area (Å²) in [6.07, 6.45) is 2.80. The fourth-order valence-corrected chi connectivity index (χ4v) is 3.43. The Morgan fingerprint density at radius 2 is 2.35 bits per heavy atom. The third kappa shape index (κ3) is 3.56. The van der Waals surface area contributed by atoms with Gasteiger partial charge in [-0.3, -0.25) is 9.48 Å². The van der Waals surface area contributed by atoms with Crippen LogP contribution in [0.2, 0.25) is 0 Å². The second-order valence-corrected chi connectivity index (χ2v) is 6.60. The number of rotatable bonds is 5. The van der Waals surface area contributed by atoms with Crippen LogP contribution in [0.1, 0.15) is 18.5 Å². The molecule has 0 aromatic carbocycles. The number of hydrogen-bond donors (Lipinski definition) is 2. The molecule has 1 aromatic rings. The summed E-state index contributed by atoms with van der Waals surface area (Å²) in [6, 6.07) is 1.72. The summed E-state index contributed by atoms with van der Waals surface area (Å²) < 4.78 is 29.5. The van der Waals surface area contributed by atoms with Gasteiger partial charge in [-0.1, -0.05) is 0 Å². The number of carboxylic acid groups (broad SMARTS) is 1. The predicted octanol–water partition coefficient (Wildman–Crippen LogP) is -0.449. The lowest BCUT2D eigenvalue weighted by Gasteiger charge is -2.29. The van der Waals surface area contributed by atoms with Gasteiger partial charge in [-0.15, -0.1) is 0 Å². The number of aromatic nitrogens is 2. The van der Waals surface area contributed by atoms with Crippen molar-refractivity contribution in [3.8, 4) is 0 Å². The van der Waals surface area contributed by atoms with Crippen molar-refractivity contribution < 1.29 is 18.3 Å². The van der Waals surface area contributed by atoms with Crippen molar-refractivity contribution in [2.75, 3.05) is 13.1 Å². The molecular weight excluding hydrogens is 284 g/mol. The predicted molar refractivity (Wildman–Crippen MR) is 70.9 cm³/mol. The molecule has 1 fully saturated rings. The van der Waals surface area contributed by atoms with Crippen LogP contribution in [0.25, 0.3) is 0 Å². The zero-order valence-electron chi connectivity index (χ0n) is 11.2. The maximum absolute atomic E-state index is 12.1. The van der Waals surface area contributed by atoms with Crippen LogP contribution in [0, 0.1) is 5.92 Å². The third-order valence-electron chi connectivity index (χ3n) is 3.28. The first-order valence-electron chi connectivity index (χ1n) is 6.34. The number of nitrogens with zero attached hydrogens (tertiary/aromatic N) is 3. The number of carboxylic acids is 1. The minimum absolute atomic E-state index is 0.0207. The molecule has 0 bridgehead atoms. The normalized spacial score (nSPS) is 20.9. The van der Waals surface area contributed by atoms with Gasteiger partial charge in [-0.2, -0.15) is 22.5 Å². The van der Waals surface area contributed by atoms with E-state index in [-0.39, 0.29) is 13.1 Å². The maximum Gasteiger partial charge on any atom is 0.307 e. The highest BCUT2D eigenvalue weighted by atomic mass is 32.2. The number of aryl methyl sites for hydroxylation is 1. The molecule has 1 aromatic heterocycles. The standard InChI is InChI=1S/C11H18N4O4S/c1-14-6-4-10(13-14)7-12-20(18,19)15-5-2-3-9(8-15)11(16)17/h4,6,9,12H,2-3,5,7-8H2,1H3,(H,16,17). The number of nitrogens with one attached hydrogen (secondary N) is 1. The van der Waals surface area contributed by atoms with Gasteiger partial charge in [0, 0.05) is 26.3 Å². The molecule has 112 valence electrons. The van der Waals surface area contributed by atoms with Crippen LogP contribution in [0.5, 0.6) is 0 Å². The molecule has 1 unspecified atom stereocenters. The van der Waals surface area contributed by atoms with E-state index in [2.05, 4.69) is 9.82 Å². The van der Waals surface area contributed by atoms with E-state index < -0.39 is 22.1 Å². The zero-order chi connectivity index (χ0) is 14.8. The minimum Gasteiger partial charge on any atom is -0.481 e. The average Bonchev–Trinajstić information content (AvgIpc) is 2.82. The van der Waals surface area contributed by atoms with Crippen LogP contribution in [-0.2, 0) is 28.6 Å². The van der Waals surface area contributed by atoms with Crippen LogP contribution in [0.3, 0.4) is 0 Å². The fourth-order valence-electron chi connectivity index (χ4n) is 2.18. The molecule has 20 heavy (non-hydrogen) atoms. The maximum atomic E-state index is 12.1. The molecule has 8 nitrogen and oxygen atoms in total. The summed E-state index contributed by atoms with van der Waals surface area (Å²) in [5, 5.41) is 13.1. The first-order valence-corrected chi connectivity index (χ1v) is 7.78. The van der Waals surface area contributed by atoms with E-state index in [9.17, 15) is 13.2 Å². The largest absolute Gasteiger partial charge is 0.481 e. The van der Waals surface area contributed by atoms with Crippen molar-refractivity contribution in [1.82, 2.24) is 18.8 Å². The van der Waals surface area contributed by atoms with Gasteiger partial charge in [0.25, 0.3) is 10.2 Å². The molecule has 1 aliphatic heterocycles. The SMILES string of the molecule is Cn1ccc(CNS(=O)(=O)N2CCCC(C(=O)O)C2)n1. The molecule has 1 aliphatic rings. The van der Waals surface area contributed by atoms with Crippen molar-refractivity contribution in [3.05, 3.63) is 18.0 Å². The van der Waals surface area contributed by atoms with Gasteiger partial charge in [0.2, 0.25) is 0 Å². The summed E-state index contributed by atoms with van der Waals surface area (Å²) in [7, 11) is -1.92. The van der Waals surface area contributed by atoms with Crippen LogP contribution >= 0.6 is 0 Å². The van der Waals surface area contributed by atoms with E-state index in [0.717, 1.165) is 0 Å². The van der Waals surface area contributed by atoms with Gasteiger partial charge in [-0.05, 0) is 18.9 Å². The van der Waals surface area contributed by atoms with Gasteiger partial charge in [0.15, 0.2) is 0 Å². The molecule has 2 rings (SSSR count). The Morgan fingerprint density at radius 1 is 1.60 bits per heavy atom. The molecule has 2 N–H and O–H groups in total. The fraction of sp³-hybridized carbons (Fsp3) is 0.636. The summed E-state index contributed by atoms with van der Waals surface area (Å²) in [5.74, 6) is -1.58. The Hall–Kier alpha value is -1.45. The molecule has 9 heteroatoms. The third-order valence-corrected chi connectivity index (χ3v) is 4.80. The lowest BCUT2D eigenvalue weighted by molar-refractivity contribution is -0.142. The summed E-state index contributed by atoms with van der Waals surface area (Å²) >= 11 is 0. The van der Waals surface area contributed by atoms with Gasteiger partial charge < -0.3 is 5.11 Å². The van der Waals surface area contributed by atoms with Crippen molar-refractivity contribution in [1.29, 1.82) is 0 Å². The van der Waals surface area contributed by atoms with Crippen LogP contribution in [-0.4, -0.2) is 46.7 Å². The Bertz CT molecular complexity index is 583. The van der Waals surface area contributed by atoms with Gasteiger partial charge in [-0.25, -0.2) is 0 Å². The Morgan fingerprint density at radius 3 is 2.95 bits per heavy atom. The quantitative estimate of drug-likeness (QED) is 0.766. The highest BCUT2D eigenvalue weighted by Crippen LogP contribution is 2.18. The number of aliphatic carboxylic acids is 1. The minimum atomic E-state index is -3.67. The number of carbonyl (C=O) groups is 1. The number of piperidine rings is 1. The van der Waals surface area contributed by atoms with Crippen molar-refractivity contribution in [2.24, 2.45) is 13.0 Å². The molecule has 1 saturated heterocycles. The van der Waals surface area contributed by atoms with Crippen molar-refractivity contribution in [3.63, 3.8) is 0 Å². The second kappa shape index (κ2) is 5.90. The highest BCUT2D eigenvalue weighted by molar-refractivity contribution is 7.87. The lowest BCUT2D eigenvalue weighted by atomic mass is 10.0. The van der Waals surface area contributed by atoms with Crippen molar-refractivity contribution >= 4 is 16.2 Å². The molecule has 0 spiro atoms. The van der Waals surface area contributed by atoms with Gasteiger partial charge >= 0.3 is 5.97 Å². The van der Waals surface area contributed by atoms with E-state index in [1.54, 1.807) is 24.0 Å². The molecule has 0 radical (unpaired) electrons. The van der Waals surface area contributed by atoms with E-state index in [1.807, 2.05) is 0 Å². The smallest absolute Gasteiger partial charge is 0.307 e. The first-order chi connectivity index (χ1) is 9.38. The second-order valence-electron chi connectivity index (χ2n) is 4.84. The van der Waals surface area contributed by atoms with Crippen LogP contribution in [0.4, 0.5) is 0 Å². The van der Waals surface area contributed by atoms with Gasteiger partial charge in [0.05, 0.1) is 18.2 Å². The molecule has 0 saturated carbocycles. The Labute approximate surface area is 117 Å². The van der Waals surface area contributed by atoms with E-state index in [1.165, 1.54) is 4.31 Å². The number of hydrogen-bond acceptors (Lipinski definition) is 4. The highest BCUT2D eigenvalue weighted by Gasteiger charge is 2.32. The van der Waals surface area contributed by atoms with Gasteiger partial charge in [0.1, 0.15) is 0 Å². The van der Waals surface area contributed by atoms with E-state index >= 15 is 0 Å². The zero-order valence-corrected chi connectivity index (χ0v) is 12.0. The molecule has 2 heterocycles. The monoisotopic (exact) mass is 302 g/mol. The van der Waals surface area contributed by atoms with Crippen LogP contribution in [0.15, 0.2) is 12.3 Å². The lowest BCUT2D eigenvalue weighted by Crippen LogP contribution is -2.47. The summed E-state index contributed by atoms with van der Waals surface area (Å²) in [6.45, 7) is 0.464. The molecule has 0 aliphatic carbocycles. The van der Waals surface area contributed by atoms with E-state index in [4.69, 9.17) is 5.11 Å². The molecule has 0 amide bonds. The molecule has 1 atom stereocenters. The van der Waals surface area contributed by atoms with Crippen LogP contribution < -0.4 is 4.72 Å². The Balaban J connectivity index is 1.97. The molecular formula is C11H18N4O4S. The Kier molecular flexibility index (Phi) is 4.41.